The molecule has 0 fully saturated rings. The molecule has 0 aliphatic carbocycles. The fraction of sp³-hybridized carbons (Fsp3) is 0.778. The van der Waals surface area contributed by atoms with E-state index >= 15 is 0 Å². The lowest BCUT2D eigenvalue weighted by Crippen LogP contribution is -2.48. The van der Waals surface area contributed by atoms with E-state index in [-0.39, 0.29) is 17.3 Å². The second-order valence-corrected chi connectivity index (χ2v) is 4.51. The van der Waals surface area contributed by atoms with Crippen LogP contribution in [0.4, 0.5) is 4.79 Å². The van der Waals surface area contributed by atoms with Gasteiger partial charge in [0.05, 0.1) is 0 Å². The van der Waals surface area contributed by atoms with Crippen molar-refractivity contribution >= 4 is 23.5 Å². The summed E-state index contributed by atoms with van der Waals surface area (Å²) in [5.74, 6) is -0.706. The molecule has 2 N–H and O–H groups in total. The molecular formula is C9H17ClN2O2. The molecule has 0 saturated heterocycles. The number of hydrogen-bond acceptors (Lipinski definition) is 2. The van der Waals surface area contributed by atoms with Gasteiger partial charge in [-0.05, 0) is 12.3 Å². The van der Waals surface area contributed by atoms with Crippen LogP contribution < -0.4 is 10.6 Å². The third-order valence-electron chi connectivity index (χ3n) is 2.02. The maximum Gasteiger partial charge on any atom is 0.321 e. The van der Waals surface area contributed by atoms with E-state index in [1.54, 1.807) is 0 Å². The van der Waals surface area contributed by atoms with Crippen LogP contribution in [0.15, 0.2) is 0 Å². The molecule has 4 nitrogen and oxygen atoms in total. The van der Waals surface area contributed by atoms with Crippen molar-refractivity contribution in [2.45, 2.75) is 33.7 Å². The highest BCUT2D eigenvalue weighted by Gasteiger charge is 2.21. The zero-order valence-corrected chi connectivity index (χ0v) is 9.73. The van der Waals surface area contributed by atoms with Gasteiger partial charge in [0.15, 0.2) is 0 Å². The van der Waals surface area contributed by atoms with E-state index in [0.29, 0.717) is 0 Å². The molecular weight excluding hydrogens is 204 g/mol. The highest BCUT2D eigenvalue weighted by molar-refractivity contribution is 6.28. The fourth-order valence-corrected chi connectivity index (χ4v) is 0.676. The largest absolute Gasteiger partial charge is 0.335 e. The first-order valence-corrected chi connectivity index (χ1v) is 4.97. The molecule has 14 heavy (non-hydrogen) atoms. The summed E-state index contributed by atoms with van der Waals surface area (Å²) in [5.41, 5.74) is -0.0403. The highest BCUT2D eigenvalue weighted by atomic mass is 35.5. The topological polar surface area (TPSA) is 58.2 Å². The van der Waals surface area contributed by atoms with Crippen molar-refractivity contribution in [1.29, 1.82) is 0 Å². The highest BCUT2D eigenvalue weighted by Crippen LogP contribution is 2.18. The summed E-state index contributed by atoms with van der Waals surface area (Å²) in [6.45, 7) is 7.88. The third-order valence-corrected chi connectivity index (χ3v) is 2.26. The Balaban J connectivity index is 4.01. The van der Waals surface area contributed by atoms with Gasteiger partial charge in [0.1, 0.15) is 5.88 Å². The van der Waals surface area contributed by atoms with Gasteiger partial charge in [-0.2, -0.15) is 0 Å². The number of rotatable bonds is 2. The standard InChI is InChI=1S/C9H17ClN2O2/c1-6(9(2,3)4)11-8(14)12-7(13)5-10/h6H,5H2,1-4H3,(H2,11,12,13,14). The van der Waals surface area contributed by atoms with E-state index in [2.05, 4.69) is 10.6 Å². The van der Waals surface area contributed by atoms with Crippen molar-refractivity contribution in [3.05, 3.63) is 0 Å². The molecule has 0 rings (SSSR count). The SMILES string of the molecule is CC(NC(=O)NC(=O)CCl)C(C)(C)C. The summed E-state index contributed by atoms with van der Waals surface area (Å²) in [6, 6.07) is -0.524. The van der Waals surface area contributed by atoms with Crippen molar-refractivity contribution in [3.8, 4) is 0 Å². The average molecular weight is 221 g/mol. The first-order valence-electron chi connectivity index (χ1n) is 4.43. The fourth-order valence-electron chi connectivity index (χ4n) is 0.609. The van der Waals surface area contributed by atoms with Crippen LogP contribution in [-0.4, -0.2) is 23.9 Å². The van der Waals surface area contributed by atoms with Crippen molar-refractivity contribution in [1.82, 2.24) is 10.6 Å². The summed E-state index contributed by atoms with van der Waals surface area (Å²) in [4.78, 5) is 21.9. The van der Waals surface area contributed by atoms with Crippen LogP contribution in [0, 0.1) is 5.41 Å². The van der Waals surface area contributed by atoms with Gasteiger partial charge < -0.3 is 5.32 Å². The van der Waals surface area contributed by atoms with Crippen molar-refractivity contribution < 1.29 is 9.59 Å². The molecule has 0 spiro atoms. The molecule has 0 aromatic rings. The Bertz CT molecular complexity index is 223. The van der Waals surface area contributed by atoms with E-state index in [4.69, 9.17) is 11.6 Å². The lowest BCUT2D eigenvalue weighted by Gasteiger charge is -2.27. The molecule has 5 heteroatoms. The Kier molecular flexibility index (Phi) is 4.91. The number of nitrogens with one attached hydrogen (secondary N) is 2. The zero-order valence-electron chi connectivity index (χ0n) is 8.98. The summed E-state index contributed by atoms with van der Waals surface area (Å²) in [5, 5.41) is 4.77. The first kappa shape index (κ1) is 13.2. The van der Waals surface area contributed by atoms with Crippen LogP contribution in [0.3, 0.4) is 0 Å². The van der Waals surface area contributed by atoms with Crippen LogP contribution in [0.1, 0.15) is 27.7 Å². The van der Waals surface area contributed by atoms with Gasteiger partial charge in [0.2, 0.25) is 5.91 Å². The van der Waals surface area contributed by atoms with Crippen molar-refractivity contribution in [2.75, 3.05) is 5.88 Å². The lowest BCUT2D eigenvalue weighted by molar-refractivity contribution is -0.117. The number of carbonyl (C=O) groups is 2. The van der Waals surface area contributed by atoms with Gasteiger partial charge >= 0.3 is 6.03 Å². The number of amides is 3. The number of imide groups is 1. The lowest BCUT2D eigenvalue weighted by atomic mass is 9.88. The molecule has 0 aromatic carbocycles. The molecule has 0 aliphatic heterocycles. The molecule has 0 aliphatic rings. The molecule has 1 unspecified atom stereocenters. The second-order valence-electron chi connectivity index (χ2n) is 4.24. The maximum absolute atomic E-state index is 11.2. The van der Waals surface area contributed by atoms with E-state index < -0.39 is 11.9 Å². The van der Waals surface area contributed by atoms with E-state index in [1.165, 1.54) is 0 Å². The van der Waals surface area contributed by atoms with E-state index in [9.17, 15) is 9.59 Å². The normalized spacial score (nSPS) is 13.2. The molecule has 0 radical (unpaired) electrons. The smallest absolute Gasteiger partial charge is 0.321 e. The van der Waals surface area contributed by atoms with Gasteiger partial charge in [-0.15, -0.1) is 11.6 Å². The Morgan fingerprint density at radius 3 is 2.21 bits per heavy atom. The van der Waals surface area contributed by atoms with Gasteiger partial charge in [-0.1, -0.05) is 20.8 Å². The second kappa shape index (κ2) is 5.20. The number of carbonyl (C=O) groups excluding carboxylic acids is 2. The predicted octanol–water partition coefficient (Wildman–Crippen LogP) is 1.49. The average Bonchev–Trinajstić information content (AvgIpc) is 2.02. The number of halogens is 1. The Labute approximate surface area is 89.4 Å². The van der Waals surface area contributed by atoms with Crippen LogP contribution in [0.2, 0.25) is 0 Å². The summed E-state index contributed by atoms with van der Waals surface area (Å²) in [7, 11) is 0. The van der Waals surface area contributed by atoms with Crippen molar-refractivity contribution in [3.63, 3.8) is 0 Å². The van der Waals surface area contributed by atoms with Crippen LogP contribution in [0.25, 0.3) is 0 Å². The first-order chi connectivity index (χ1) is 6.27. The van der Waals surface area contributed by atoms with E-state index in [1.807, 2.05) is 27.7 Å². The van der Waals surface area contributed by atoms with Crippen molar-refractivity contribution in [2.24, 2.45) is 5.41 Å². The van der Waals surface area contributed by atoms with Gasteiger partial charge in [-0.3, -0.25) is 10.1 Å². The quantitative estimate of drug-likeness (QED) is 0.693. The summed E-state index contributed by atoms with van der Waals surface area (Å²) >= 11 is 5.23. The van der Waals surface area contributed by atoms with Crippen LogP contribution in [-0.2, 0) is 4.79 Å². The molecule has 0 aromatic heterocycles. The molecule has 3 amide bonds. The van der Waals surface area contributed by atoms with E-state index in [0.717, 1.165) is 0 Å². The molecule has 0 bridgehead atoms. The summed E-state index contributed by atoms with van der Waals surface area (Å²) < 4.78 is 0. The predicted molar refractivity (Wildman–Crippen MR) is 56.3 cm³/mol. The Morgan fingerprint density at radius 2 is 1.86 bits per heavy atom. The minimum atomic E-state index is -0.502. The van der Waals surface area contributed by atoms with Gasteiger partial charge in [0, 0.05) is 6.04 Å². The van der Waals surface area contributed by atoms with Gasteiger partial charge in [0.25, 0.3) is 0 Å². The minimum absolute atomic E-state index is 0.0226. The maximum atomic E-state index is 11.2. The molecule has 82 valence electrons. The van der Waals surface area contributed by atoms with Crippen LogP contribution in [0.5, 0.6) is 0 Å². The van der Waals surface area contributed by atoms with Crippen LogP contribution >= 0.6 is 11.6 Å². The third kappa shape index (κ3) is 5.07. The Hall–Kier alpha value is -0.770. The molecule has 0 heterocycles. The zero-order chi connectivity index (χ0) is 11.4. The minimum Gasteiger partial charge on any atom is -0.335 e. The molecule has 0 saturated carbocycles. The molecule has 1 atom stereocenters. The number of urea groups is 1. The van der Waals surface area contributed by atoms with Gasteiger partial charge in [-0.25, -0.2) is 4.79 Å². The Morgan fingerprint density at radius 1 is 1.36 bits per heavy atom. The number of hydrogen-bond donors (Lipinski definition) is 2. The monoisotopic (exact) mass is 220 g/mol. The summed E-state index contributed by atoms with van der Waals surface area (Å²) in [6.07, 6.45) is 0. The number of alkyl halides is 1.